The van der Waals surface area contributed by atoms with Gasteiger partial charge in [-0.15, -0.1) is 0 Å². The van der Waals surface area contributed by atoms with Gasteiger partial charge in [-0.2, -0.15) is 0 Å². The molecule has 0 saturated heterocycles. The van der Waals surface area contributed by atoms with Crippen LogP contribution < -0.4 is 5.32 Å². The first-order chi connectivity index (χ1) is 12.2. The average Bonchev–Trinajstić information content (AvgIpc) is 2.61. The fraction of sp³-hybridized carbons (Fsp3) is 0.0625. The minimum Gasteiger partial charge on any atom is -0.505 e. The zero-order chi connectivity index (χ0) is 19.1. The number of carbonyl (C=O) groups is 1. The standard InChI is InChI=1S/C16H13N3O6S/c1-18-14(15(20)12-7-2-3-8-13(12)26(18,24)25)16(21)17-10-5-4-6-11(9-10)19(22)23/h2-9,20H,1H3,(H,17,21). The highest BCUT2D eigenvalue weighted by atomic mass is 32.2. The minimum absolute atomic E-state index is 0.00907. The van der Waals surface area contributed by atoms with Gasteiger partial charge in [0, 0.05) is 30.4 Å². The molecule has 26 heavy (non-hydrogen) atoms. The lowest BCUT2D eigenvalue weighted by Crippen LogP contribution is -2.37. The van der Waals surface area contributed by atoms with Crippen molar-refractivity contribution in [2.45, 2.75) is 4.90 Å². The van der Waals surface area contributed by atoms with Crippen LogP contribution in [-0.4, -0.2) is 35.7 Å². The maximum atomic E-state index is 12.6. The lowest BCUT2D eigenvalue weighted by Gasteiger charge is -2.28. The maximum Gasteiger partial charge on any atom is 0.276 e. The SMILES string of the molecule is CN1C(C(=O)Nc2cccc([N+](=O)[O-])c2)=C(O)c2ccccc2S1(=O)=O. The Morgan fingerprint density at radius 2 is 1.88 bits per heavy atom. The Bertz CT molecular complexity index is 1060. The van der Waals surface area contributed by atoms with E-state index in [1.54, 1.807) is 0 Å². The molecule has 0 bridgehead atoms. The van der Waals surface area contributed by atoms with Crippen LogP contribution in [0.3, 0.4) is 0 Å². The number of non-ortho nitro benzene ring substituents is 1. The predicted molar refractivity (Wildman–Crippen MR) is 92.7 cm³/mol. The maximum absolute atomic E-state index is 12.6. The number of likely N-dealkylation sites (N-methyl/N-ethyl adjacent to an activating group) is 1. The van der Waals surface area contributed by atoms with Crippen molar-refractivity contribution in [2.24, 2.45) is 0 Å². The third-order valence-corrected chi connectivity index (χ3v) is 5.67. The molecule has 2 aromatic carbocycles. The molecule has 0 aliphatic carbocycles. The number of aliphatic hydroxyl groups is 1. The summed E-state index contributed by atoms with van der Waals surface area (Å²) in [6.07, 6.45) is 0. The number of nitro benzene ring substituents is 1. The Morgan fingerprint density at radius 3 is 2.58 bits per heavy atom. The summed E-state index contributed by atoms with van der Waals surface area (Å²) in [4.78, 5) is 22.6. The molecular weight excluding hydrogens is 362 g/mol. The first-order valence-corrected chi connectivity index (χ1v) is 8.75. The lowest BCUT2D eigenvalue weighted by atomic mass is 10.1. The number of nitrogens with zero attached hydrogens (tertiary/aromatic N) is 2. The second kappa shape index (κ2) is 6.15. The molecule has 0 unspecified atom stereocenters. The number of hydrogen-bond acceptors (Lipinski definition) is 6. The number of carbonyl (C=O) groups excluding carboxylic acids is 1. The van der Waals surface area contributed by atoms with Gasteiger partial charge in [0.05, 0.1) is 9.82 Å². The van der Waals surface area contributed by atoms with Gasteiger partial charge in [0.2, 0.25) is 0 Å². The molecule has 0 fully saturated rings. The van der Waals surface area contributed by atoms with Crippen LogP contribution in [-0.2, 0) is 14.8 Å². The lowest BCUT2D eigenvalue weighted by molar-refractivity contribution is -0.384. The number of benzene rings is 2. The van der Waals surface area contributed by atoms with E-state index in [9.17, 15) is 28.4 Å². The van der Waals surface area contributed by atoms with Crippen molar-refractivity contribution in [2.75, 3.05) is 12.4 Å². The smallest absolute Gasteiger partial charge is 0.276 e. The van der Waals surface area contributed by atoms with E-state index < -0.39 is 32.3 Å². The highest BCUT2D eigenvalue weighted by Gasteiger charge is 2.37. The number of amides is 1. The Balaban J connectivity index is 2.04. The van der Waals surface area contributed by atoms with Gasteiger partial charge >= 0.3 is 0 Å². The minimum atomic E-state index is -4.02. The fourth-order valence-electron chi connectivity index (χ4n) is 2.57. The molecule has 10 heteroatoms. The molecule has 0 aromatic heterocycles. The van der Waals surface area contributed by atoms with E-state index in [2.05, 4.69) is 5.32 Å². The third-order valence-electron chi connectivity index (χ3n) is 3.85. The molecular formula is C16H13N3O6S. The number of aliphatic hydroxyl groups excluding tert-OH is 1. The van der Waals surface area contributed by atoms with Gasteiger partial charge in [-0.25, -0.2) is 8.42 Å². The van der Waals surface area contributed by atoms with Crippen molar-refractivity contribution < 1.29 is 23.2 Å². The zero-order valence-electron chi connectivity index (χ0n) is 13.4. The average molecular weight is 375 g/mol. The Hall–Kier alpha value is -3.40. The summed E-state index contributed by atoms with van der Waals surface area (Å²) in [5.41, 5.74) is -0.616. The van der Waals surface area contributed by atoms with Crippen molar-refractivity contribution in [3.8, 4) is 0 Å². The molecule has 1 aliphatic heterocycles. The molecule has 134 valence electrons. The molecule has 0 saturated carbocycles. The van der Waals surface area contributed by atoms with Gasteiger partial charge in [-0.1, -0.05) is 18.2 Å². The van der Waals surface area contributed by atoms with Gasteiger partial charge < -0.3 is 10.4 Å². The molecule has 1 heterocycles. The van der Waals surface area contributed by atoms with Gasteiger partial charge in [0.25, 0.3) is 21.6 Å². The highest BCUT2D eigenvalue weighted by molar-refractivity contribution is 7.89. The number of anilines is 1. The largest absolute Gasteiger partial charge is 0.505 e. The quantitative estimate of drug-likeness (QED) is 0.624. The zero-order valence-corrected chi connectivity index (χ0v) is 14.2. The van der Waals surface area contributed by atoms with E-state index in [0.29, 0.717) is 4.31 Å². The van der Waals surface area contributed by atoms with E-state index in [0.717, 1.165) is 13.1 Å². The van der Waals surface area contributed by atoms with Crippen LogP contribution in [0.15, 0.2) is 59.1 Å². The van der Waals surface area contributed by atoms with Crippen LogP contribution in [0.25, 0.3) is 5.76 Å². The summed E-state index contributed by atoms with van der Waals surface area (Å²) in [5.74, 6) is -1.41. The van der Waals surface area contributed by atoms with E-state index in [1.807, 2.05) is 0 Å². The Morgan fingerprint density at radius 1 is 1.19 bits per heavy atom. The molecule has 0 radical (unpaired) electrons. The van der Waals surface area contributed by atoms with Gasteiger partial charge in [0.15, 0.2) is 11.5 Å². The topological polar surface area (TPSA) is 130 Å². The van der Waals surface area contributed by atoms with Crippen molar-refractivity contribution in [3.05, 3.63) is 69.9 Å². The molecule has 2 N–H and O–H groups in total. The normalized spacial score (nSPS) is 15.3. The summed E-state index contributed by atoms with van der Waals surface area (Å²) < 4.78 is 25.8. The van der Waals surface area contributed by atoms with Crippen LogP contribution in [0, 0.1) is 10.1 Å². The second-order valence-electron chi connectivity index (χ2n) is 5.43. The number of rotatable bonds is 3. The number of nitro groups is 1. The van der Waals surface area contributed by atoms with Gasteiger partial charge in [-0.3, -0.25) is 19.2 Å². The first kappa shape index (κ1) is 17.4. The molecule has 2 aromatic rings. The first-order valence-electron chi connectivity index (χ1n) is 7.31. The second-order valence-corrected chi connectivity index (χ2v) is 7.37. The van der Waals surface area contributed by atoms with Crippen molar-refractivity contribution in [1.82, 2.24) is 4.31 Å². The van der Waals surface area contributed by atoms with Gasteiger partial charge in [-0.05, 0) is 18.2 Å². The Labute approximate surface area is 148 Å². The fourth-order valence-corrected chi connectivity index (χ4v) is 3.97. The summed E-state index contributed by atoms with van der Waals surface area (Å²) in [6, 6.07) is 10.9. The van der Waals surface area contributed by atoms with E-state index in [4.69, 9.17) is 0 Å². The van der Waals surface area contributed by atoms with Crippen molar-refractivity contribution >= 4 is 33.1 Å². The van der Waals surface area contributed by atoms with E-state index in [1.165, 1.54) is 42.5 Å². The Kier molecular flexibility index (Phi) is 4.12. The van der Waals surface area contributed by atoms with E-state index in [-0.39, 0.29) is 21.8 Å². The van der Waals surface area contributed by atoms with Crippen LogP contribution in [0.1, 0.15) is 5.56 Å². The van der Waals surface area contributed by atoms with Crippen molar-refractivity contribution in [3.63, 3.8) is 0 Å². The molecule has 0 spiro atoms. The summed E-state index contributed by atoms with van der Waals surface area (Å²) in [6.45, 7) is 0. The summed E-state index contributed by atoms with van der Waals surface area (Å²) >= 11 is 0. The number of fused-ring (bicyclic) bond motifs is 1. The van der Waals surface area contributed by atoms with Crippen molar-refractivity contribution in [1.29, 1.82) is 0 Å². The van der Waals surface area contributed by atoms with Crippen LogP contribution in [0.4, 0.5) is 11.4 Å². The highest BCUT2D eigenvalue weighted by Crippen LogP contribution is 2.34. The molecule has 1 aliphatic rings. The molecule has 3 rings (SSSR count). The number of nitrogens with one attached hydrogen (secondary N) is 1. The number of sulfonamides is 1. The predicted octanol–water partition coefficient (Wildman–Crippen LogP) is 2.09. The molecule has 1 amide bonds. The molecule has 0 atom stereocenters. The van der Waals surface area contributed by atoms with Gasteiger partial charge in [0.1, 0.15) is 0 Å². The van der Waals surface area contributed by atoms with Crippen LogP contribution >= 0.6 is 0 Å². The van der Waals surface area contributed by atoms with Crippen LogP contribution in [0.5, 0.6) is 0 Å². The third kappa shape index (κ3) is 2.75. The number of hydrogen-bond donors (Lipinski definition) is 2. The summed E-state index contributed by atoms with van der Waals surface area (Å²) in [5, 5.41) is 23.6. The van der Waals surface area contributed by atoms with Crippen LogP contribution in [0.2, 0.25) is 0 Å². The monoisotopic (exact) mass is 375 g/mol. The van der Waals surface area contributed by atoms with E-state index >= 15 is 0 Å². The molecule has 9 nitrogen and oxygen atoms in total. The summed E-state index contributed by atoms with van der Waals surface area (Å²) in [7, 11) is -2.87.